The van der Waals surface area contributed by atoms with Gasteiger partial charge in [0.1, 0.15) is 6.54 Å². The number of hydrogen-bond acceptors (Lipinski definition) is 6. The van der Waals surface area contributed by atoms with Gasteiger partial charge in [0.15, 0.2) is 0 Å². The van der Waals surface area contributed by atoms with Crippen LogP contribution in [0.5, 0.6) is 0 Å². The third-order valence-electron chi connectivity index (χ3n) is 3.80. The van der Waals surface area contributed by atoms with Crippen LogP contribution < -0.4 is 10.2 Å². The van der Waals surface area contributed by atoms with E-state index in [1.54, 1.807) is 23.4 Å². The van der Waals surface area contributed by atoms with Crippen molar-refractivity contribution < 1.29 is 9.59 Å². The molecule has 2 fully saturated rings. The molecule has 1 N–H and O–H groups in total. The lowest BCUT2D eigenvalue weighted by molar-refractivity contribution is -0.122. The number of rotatable bonds is 4. The molecule has 2 aliphatic rings. The van der Waals surface area contributed by atoms with Crippen LogP contribution in [0.15, 0.2) is 18.5 Å². The fourth-order valence-corrected chi connectivity index (χ4v) is 3.57. The summed E-state index contributed by atoms with van der Waals surface area (Å²) in [5.41, 5.74) is 0. The highest BCUT2D eigenvalue weighted by Crippen LogP contribution is 2.17. The third-order valence-corrected chi connectivity index (χ3v) is 4.69. The van der Waals surface area contributed by atoms with Gasteiger partial charge in [-0.2, -0.15) is 0 Å². The van der Waals surface area contributed by atoms with Gasteiger partial charge < -0.3 is 15.1 Å². The first-order valence-corrected chi connectivity index (χ1v) is 8.44. The van der Waals surface area contributed by atoms with E-state index in [2.05, 4.69) is 20.2 Å². The molecule has 8 heteroatoms. The van der Waals surface area contributed by atoms with Crippen LogP contribution >= 0.6 is 11.8 Å². The summed E-state index contributed by atoms with van der Waals surface area (Å²) in [5.74, 6) is 1.39. The molecule has 1 aromatic heterocycles. The second kappa shape index (κ2) is 6.95. The van der Waals surface area contributed by atoms with Crippen molar-refractivity contribution in [3.8, 4) is 0 Å². The van der Waals surface area contributed by atoms with Crippen molar-refractivity contribution in [2.75, 3.05) is 36.8 Å². The maximum atomic E-state index is 12.1. The molecule has 7 nitrogen and oxygen atoms in total. The molecule has 0 bridgehead atoms. The predicted octanol–water partition coefficient (Wildman–Crippen LogP) is 0.730. The van der Waals surface area contributed by atoms with E-state index >= 15 is 0 Å². The zero-order chi connectivity index (χ0) is 15.4. The van der Waals surface area contributed by atoms with Crippen molar-refractivity contribution in [2.45, 2.75) is 18.9 Å². The second-order valence-corrected chi connectivity index (χ2v) is 6.48. The van der Waals surface area contributed by atoms with Crippen LogP contribution in [0.3, 0.4) is 0 Å². The Kier molecular flexibility index (Phi) is 4.77. The Balaban J connectivity index is 1.52. The minimum atomic E-state index is -0.0864. The molecule has 1 aromatic rings. The monoisotopic (exact) mass is 321 g/mol. The average molecular weight is 321 g/mol. The highest BCUT2D eigenvalue weighted by molar-refractivity contribution is 8.13. The number of hydrogen-bond donors (Lipinski definition) is 1. The van der Waals surface area contributed by atoms with Gasteiger partial charge in [0.2, 0.25) is 11.9 Å². The van der Waals surface area contributed by atoms with E-state index in [0.717, 1.165) is 25.1 Å². The summed E-state index contributed by atoms with van der Waals surface area (Å²) in [6.45, 7) is 2.42. The molecule has 3 rings (SSSR count). The number of carbonyl (C=O) groups excluding carboxylic acids is 2. The summed E-state index contributed by atoms with van der Waals surface area (Å²) < 4.78 is 0. The number of carbonyl (C=O) groups is 2. The van der Waals surface area contributed by atoms with Crippen LogP contribution in [-0.4, -0.2) is 64.0 Å². The molecule has 22 heavy (non-hydrogen) atoms. The molecule has 0 aromatic carbocycles. The largest absolute Gasteiger partial charge is 0.350 e. The Bertz CT molecular complexity index is 541. The number of nitrogens with one attached hydrogen (secondary N) is 1. The Morgan fingerprint density at radius 1 is 1.36 bits per heavy atom. The van der Waals surface area contributed by atoms with Crippen molar-refractivity contribution >= 4 is 28.9 Å². The van der Waals surface area contributed by atoms with Crippen molar-refractivity contribution in [2.24, 2.45) is 0 Å². The highest BCUT2D eigenvalue weighted by Gasteiger charge is 2.26. The molecule has 118 valence electrons. The van der Waals surface area contributed by atoms with Gasteiger partial charge in [0, 0.05) is 43.8 Å². The van der Waals surface area contributed by atoms with Gasteiger partial charge in [-0.1, -0.05) is 11.8 Å². The molecule has 1 atom stereocenters. The Morgan fingerprint density at radius 2 is 2.18 bits per heavy atom. The Labute approximate surface area is 133 Å². The van der Waals surface area contributed by atoms with Gasteiger partial charge in [-0.15, -0.1) is 0 Å². The molecule has 0 aliphatic carbocycles. The van der Waals surface area contributed by atoms with E-state index in [1.165, 1.54) is 11.8 Å². The molecule has 2 aliphatic heterocycles. The summed E-state index contributed by atoms with van der Waals surface area (Å²) in [6.07, 6.45) is 5.38. The molecule has 0 spiro atoms. The molecule has 2 amide bonds. The number of amides is 2. The third kappa shape index (κ3) is 3.68. The number of thioether (sulfide) groups is 1. The predicted molar refractivity (Wildman–Crippen MR) is 84.8 cm³/mol. The van der Waals surface area contributed by atoms with Crippen molar-refractivity contribution in [3.63, 3.8) is 0 Å². The van der Waals surface area contributed by atoms with Gasteiger partial charge in [-0.25, -0.2) is 9.97 Å². The molecule has 0 radical (unpaired) electrons. The first-order valence-electron chi connectivity index (χ1n) is 7.45. The number of aromatic nitrogens is 2. The van der Waals surface area contributed by atoms with Crippen molar-refractivity contribution in [1.82, 2.24) is 20.2 Å². The summed E-state index contributed by atoms with van der Waals surface area (Å²) >= 11 is 1.27. The fourth-order valence-electron chi connectivity index (χ4n) is 2.75. The quantitative estimate of drug-likeness (QED) is 0.881. The van der Waals surface area contributed by atoms with E-state index in [1.807, 2.05) is 0 Å². The minimum Gasteiger partial charge on any atom is -0.350 e. The summed E-state index contributed by atoms with van der Waals surface area (Å²) in [5, 5.41) is 3.02. The second-order valence-electron chi connectivity index (χ2n) is 5.44. The number of nitrogens with zero attached hydrogens (tertiary/aromatic N) is 4. The van der Waals surface area contributed by atoms with Gasteiger partial charge in [0.05, 0.1) is 0 Å². The molecule has 3 heterocycles. The van der Waals surface area contributed by atoms with Crippen LogP contribution in [-0.2, 0) is 4.79 Å². The van der Waals surface area contributed by atoms with E-state index in [0.29, 0.717) is 19.0 Å². The average Bonchev–Trinajstić information content (AvgIpc) is 2.93. The molecule has 0 saturated carbocycles. The zero-order valence-corrected chi connectivity index (χ0v) is 13.1. The first-order chi connectivity index (χ1) is 10.7. The fraction of sp³-hybridized carbons (Fsp3) is 0.571. The summed E-state index contributed by atoms with van der Waals surface area (Å²) in [7, 11) is 0. The number of piperidine rings is 1. The SMILES string of the molecule is O=C(CN1CCSC1=O)N[C@H]1CCCN(c2ncccn2)C1. The van der Waals surface area contributed by atoms with Gasteiger partial charge in [0.25, 0.3) is 5.24 Å². The molecule has 0 unspecified atom stereocenters. The maximum Gasteiger partial charge on any atom is 0.282 e. The van der Waals surface area contributed by atoms with E-state index in [4.69, 9.17) is 0 Å². The lowest BCUT2D eigenvalue weighted by Gasteiger charge is -2.33. The van der Waals surface area contributed by atoms with E-state index in [-0.39, 0.29) is 23.7 Å². The van der Waals surface area contributed by atoms with Crippen molar-refractivity contribution in [1.29, 1.82) is 0 Å². The lowest BCUT2D eigenvalue weighted by Crippen LogP contribution is -2.50. The van der Waals surface area contributed by atoms with Crippen LogP contribution in [0.4, 0.5) is 10.7 Å². The zero-order valence-electron chi connectivity index (χ0n) is 12.3. The normalized spacial score (nSPS) is 22.0. The molecule has 2 saturated heterocycles. The first kappa shape index (κ1) is 15.1. The topological polar surface area (TPSA) is 78.4 Å². The van der Waals surface area contributed by atoms with Crippen LogP contribution in [0.1, 0.15) is 12.8 Å². The van der Waals surface area contributed by atoms with E-state index < -0.39 is 0 Å². The van der Waals surface area contributed by atoms with Crippen LogP contribution in [0, 0.1) is 0 Å². The summed E-state index contributed by atoms with van der Waals surface area (Å²) in [6, 6.07) is 1.87. The maximum absolute atomic E-state index is 12.1. The minimum absolute atomic E-state index is 0.00175. The highest BCUT2D eigenvalue weighted by atomic mass is 32.2. The molecular formula is C14H19N5O2S. The van der Waals surface area contributed by atoms with E-state index in [9.17, 15) is 9.59 Å². The summed E-state index contributed by atoms with van der Waals surface area (Å²) in [4.78, 5) is 35.8. The van der Waals surface area contributed by atoms with Gasteiger partial charge in [-0.05, 0) is 18.9 Å². The standard InChI is InChI=1S/C14H19N5O2S/c20-12(10-19-7-8-22-14(19)21)17-11-3-1-6-18(9-11)13-15-4-2-5-16-13/h2,4-5,11H,1,3,6-10H2,(H,17,20)/t11-/m0/s1. The number of anilines is 1. The van der Waals surface area contributed by atoms with Gasteiger partial charge >= 0.3 is 0 Å². The smallest absolute Gasteiger partial charge is 0.282 e. The van der Waals surface area contributed by atoms with Gasteiger partial charge in [-0.3, -0.25) is 9.59 Å². The lowest BCUT2D eigenvalue weighted by atomic mass is 10.1. The Morgan fingerprint density at radius 3 is 2.91 bits per heavy atom. The van der Waals surface area contributed by atoms with Crippen LogP contribution in [0.25, 0.3) is 0 Å². The Hall–Kier alpha value is -1.83. The molecular weight excluding hydrogens is 302 g/mol. The van der Waals surface area contributed by atoms with Crippen molar-refractivity contribution in [3.05, 3.63) is 18.5 Å². The van der Waals surface area contributed by atoms with Crippen LogP contribution in [0.2, 0.25) is 0 Å².